The van der Waals surface area contributed by atoms with Crippen LogP contribution in [0.25, 0.3) is 0 Å². The summed E-state index contributed by atoms with van der Waals surface area (Å²) in [6.07, 6.45) is 8.35. The third-order valence-electron chi connectivity index (χ3n) is 2.89. The highest BCUT2D eigenvalue weighted by Crippen LogP contribution is 2.26. The van der Waals surface area contributed by atoms with E-state index in [1.807, 2.05) is 0 Å². The molecule has 1 aliphatic carbocycles. The first kappa shape index (κ1) is 12.0. The summed E-state index contributed by atoms with van der Waals surface area (Å²) in [6.45, 7) is 2.21. The van der Waals surface area contributed by atoms with Crippen LogP contribution in [0, 0.1) is 5.92 Å². The average molecular weight is 211 g/mol. The van der Waals surface area contributed by atoms with Crippen molar-refractivity contribution in [2.75, 3.05) is 0 Å². The van der Waals surface area contributed by atoms with E-state index in [0.717, 1.165) is 24.5 Å². The second kappa shape index (κ2) is 6.43. The number of carbonyl (C=O) groups is 1. The molecule has 1 aliphatic rings. The Morgan fingerprint density at radius 3 is 3.13 bits per heavy atom. The van der Waals surface area contributed by atoms with Gasteiger partial charge in [-0.3, -0.25) is 0 Å². The summed E-state index contributed by atoms with van der Waals surface area (Å²) in [5.74, 6) is 0.757. The molecule has 2 amide bonds. The molecule has 4 heteroatoms. The van der Waals surface area contributed by atoms with Crippen molar-refractivity contribution in [2.24, 2.45) is 16.8 Å². The molecule has 15 heavy (non-hydrogen) atoms. The molecule has 0 heterocycles. The van der Waals surface area contributed by atoms with Gasteiger partial charge in [0.25, 0.3) is 0 Å². The fourth-order valence-corrected chi connectivity index (χ4v) is 2.11. The molecule has 0 aromatic rings. The van der Waals surface area contributed by atoms with Crippen molar-refractivity contribution in [3.05, 3.63) is 0 Å². The summed E-state index contributed by atoms with van der Waals surface area (Å²) < 4.78 is 0. The van der Waals surface area contributed by atoms with Crippen molar-refractivity contribution in [3.63, 3.8) is 0 Å². The van der Waals surface area contributed by atoms with Gasteiger partial charge in [-0.15, -0.1) is 0 Å². The lowest BCUT2D eigenvalue weighted by Gasteiger charge is -2.22. The number of carbonyl (C=O) groups excluding carboxylic acids is 1. The van der Waals surface area contributed by atoms with Crippen LogP contribution >= 0.6 is 0 Å². The SMILES string of the molecule is CCCC[C@@H]1CCC/C(=N\NC(N)=O)C1. The molecule has 0 unspecified atom stereocenters. The summed E-state index contributed by atoms with van der Waals surface area (Å²) >= 11 is 0. The average Bonchev–Trinajstić information content (AvgIpc) is 2.24. The Bertz CT molecular complexity index is 238. The van der Waals surface area contributed by atoms with Crippen molar-refractivity contribution < 1.29 is 4.79 Å². The van der Waals surface area contributed by atoms with E-state index in [1.54, 1.807) is 0 Å². The van der Waals surface area contributed by atoms with Gasteiger partial charge in [0.1, 0.15) is 0 Å². The summed E-state index contributed by atoms with van der Waals surface area (Å²) in [4.78, 5) is 10.5. The van der Waals surface area contributed by atoms with Crippen LogP contribution in [0.4, 0.5) is 4.79 Å². The number of primary amides is 1. The lowest BCUT2D eigenvalue weighted by molar-refractivity contribution is 0.249. The van der Waals surface area contributed by atoms with Crippen LogP contribution < -0.4 is 11.2 Å². The smallest absolute Gasteiger partial charge is 0.332 e. The molecule has 1 rings (SSSR count). The van der Waals surface area contributed by atoms with Crippen LogP contribution in [-0.2, 0) is 0 Å². The van der Waals surface area contributed by atoms with Crippen LogP contribution in [0.15, 0.2) is 5.10 Å². The van der Waals surface area contributed by atoms with Gasteiger partial charge in [-0.05, 0) is 31.6 Å². The Labute approximate surface area is 91.3 Å². The minimum absolute atomic E-state index is 0.571. The van der Waals surface area contributed by atoms with Crippen LogP contribution in [0.2, 0.25) is 0 Å². The number of nitrogens with two attached hydrogens (primary N) is 1. The number of hydrogen-bond donors (Lipinski definition) is 2. The Kier molecular flexibility index (Phi) is 5.15. The Balaban J connectivity index is 2.34. The van der Waals surface area contributed by atoms with Crippen molar-refractivity contribution in [2.45, 2.75) is 51.9 Å². The first-order valence-electron chi connectivity index (χ1n) is 5.83. The van der Waals surface area contributed by atoms with Crippen LogP contribution in [0.5, 0.6) is 0 Å². The number of unbranched alkanes of at least 4 members (excludes halogenated alkanes) is 1. The molecule has 0 spiro atoms. The highest BCUT2D eigenvalue weighted by molar-refractivity contribution is 5.86. The van der Waals surface area contributed by atoms with Crippen molar-refractivity contribution in [3.8, 4) is 0 Å². The minimum atomic E-state index is -0.571. The van der Waals surface area contributed by atoms with Crippen LogP contribution in [0.3, 0.4) is 0 Å². The molecular formula is C11H21N3O. The highest BCUT2D eigenvalue weighted by atomic mass is 16.2. The quantitative estimate of drug-likeness (QED) is 0.689. The largest absolute Gasteiger partial charge is 0.350 e. The molecule has 0 radical (unpaired) electrons. The number of hydrogen-bond acceptors (Lipinski definition) is 2. The van der Waals surface area contributed by atoms with E-state index < -0.39 is 6.03 Å². The fourth-order valence-electron chi connectivity index (χ4n) is 2.11. The second-order valence-electron chi connectivity index (χ2n) is 4.26. The summed E-state index contributed by atoms with van der Waals surface area (Å²) in [7, 11) is 0. The number of rotatable bonds is 4. The van der Waals surface area contributed by atoms with Gasteiger partial charge >= 0.3 is 6.03 Å². The molecule has 0 aromatic heterocycles. The normalized spacial score (nSPS) is 24.1. The van der Waals surface area contributed by atoms with E-state index >= 15 is 0 Å². The molecule has 4 nitrogen and oxygen atoms in total. The standard InChI is InChI=1S/C11H21N3O/c1-2-3-5-9-6-4-7-10(8-9)13-14-11(12)15/h9H,2-8H2,1H3,(H3,12,14,15)/b13-10+/t9-/m1/s1. The number of amides is 2. The third kappa shape index (κ3) is 4.81. The molecule has 0 aromatic carbocycles. The zero-order chi connectivity index (χ0) is 11.1. The van der Waals surface area contributed by atoms with E-state index in [2.05, 4.69) is 17.5 Å². The van der Waals surface area contributed by atoms with Crippen molar-refractivity contribution in [1.82, 2.24) is 5.43 Å². The summed E-state index contributed by atoms with van der Waals surface area (Å²) in [5, 5.41) is 4.03. The number of hydrazone groups is 1. The molecule has 1 saturated carbocycles. The minimum Gasteiger partial charge on any atom is -0.350 e. The van der Waals surface area contributed by atoms with E-state index in [-0.39, 0.29) is 0 Å². The Morgan fingerprint density at radius 1 is 1.67 bits per heavy atom. The van der Waals surface area contributed by atoms with Gasteiger partial charge in [0.05, 0.1) is 0 Å². The molecule has 86 valence electrons. The maximum atomic E-state index is 10.5. The number of nitrogens with zero attached hydrogens (tertiary/aromatic N) is 1. The number of nitrogens with one attached hydrogen (secondary N) is 1. The van der Waals surface area contributed by atoms with Gasteiger partial charge in [0, 0.05) is 5.71 Å². The van der Waals surface area contributed by atoms with Crippen LogP contribution in [-0.4, -0.2) is 11.7 Å². The molecule has 3 N–H and O–H groups in total. The summed E-state index contributed by atoms with van der Waals surface area (Å²) in [6, 6.07) is -0.571. The molecule has 0 bridgehead atoms. The van der Waals surface area contributed by atoms with Gasteiger partial charge in [0.15, 0.2) is 0 Å². The van der Waals surface area contributed by atoms with Crippen LogP contribution in [0.1, 0.15) is 51.9 Å². The molecule has 1 fully saturated rings. The zero-order valence-corrected chi connectivity index (χ0v) is 9.46. The predicted octanol–water partition coefficient (Wildman–Crippen LogP) is 2.39. The van der Waals surface area contributed by atoms with Gasteiger partial charge in [-0.1, -0.05) is 26.2 Å². The lowest BCUT2D eigenvalue weighted by Crippen LogP contribution is -2.27. The van der Waals surface area contributed by atoms with Crippen molar-refractivity contribution >= 4 is 11.7 Å². The lowest BCUT2D eigenvalue weighted by atomic mass is 9.84. The predicted molar refractivity (Wildman–Crippen MR) is 61.6 cm³/mol. The van der Waals surface area contributed by atoms with Gasteiger partial charge in [0.2, 0.25) is 0 Å². The maximum absolute atomic E-state index is 10.5. The first-order valence-corrected chi connectivity index (χ1v) is 5.83. The highest BCUT2D eigenvalue weighted by Gasteiger charge is 2.17. The van der Waals surface area contributed by atoms with E-state index in [1.165, 1.54) is 32.1 Å². The monoisotopic (exact) mass is 211 g/mol. The van der Waals surface area contributed by atoms with Gasteiger partial charge in [-0.25, -0.2) is 10.2 Å². The molecule has 0 aliphatic heterocycles. The van der Waals surface area contributed by atoms with E-state index in [4.69, 9.17) is 5.73 Å². The van der Waals surface area contributed by atoms with Gasteiger partial charge in [-0.2, -0.15) is 5.10 Å². The van der Waals surface area contributed by atoms with E-state index in [9.17, 15) is 4.79 Å². The Hall–Kier alpha value is -1.06. The van der Waals surface area contributed by atoms with Gasteiger partial charge < -0.3 is 5.73 Å². The topological polar surface area (TPSA) is 67.5 Å². The number of urea groups is 1. The molecule has 1 atom stereocenters. The Morgan fingerprint density at radius 2 is 2.47 bits per heavy atom. The molecule has 0 saturated heterocycles. The first-order chi connectivity index (χ1) is 7.22. The summed E-state index contributed by atoms with van der Waals surface area (Å²) in [5.41, 5.74) is 8.38. The molecular weight excluding hydrogens is 190 g/mol. The van der Waals surface area contributed by atoms with Crippen molar-refractivity contribution in [1.29, 1.82) is 0 Å². The zero-order valence-electron chi connectivity index (χ0n) is 9.46. The third-order valence-corrected chi connectivity index (χ3v) is 2.89. The maximum Gasteiger partial charge on any atom is 0.332 e. The second-order valence-corrected chi connectivity index (χ2v) is 4.26. The fraction of sp³-hybridized carbons (Fsp3) is 0.818. The van der Waals surface area contributed by atoms with E-state index in [0.29, 0.717) is 0 Å².